The van der Waals surface area contributed by atoms with Crippen LogP contribution in [0, 0.1) is 10.1 Å². The van der Waals surface area contributed by atoms with Crippen molar-refractivity contribution < 1.29 is 24.0 Å². The molecule has 0 unspecified atom stereocenters. The number of morpholine rings is 1. The van der Waals surface area contributed by atoms with Crippen LogP contribution in [0.2, 0.25) is 0 Å². The molecule has 3 aromatic carbocycles. The summed E-state index contributed by atoms with van der Waals surface area (Å²) in [5, 5.41) is 27.4. The van der Waals surface area contributed by atoms with Crippen molar-refractivity contribution in [3.63, 3.8) is 0 Å². The Kier molecular flexibility index (Phi) is 7.63. The van der Waals surface area contributed by atoms with Gasteiger partial charge < -0.3 is 24.5 Å². The fourth-order valence-electron chi connectivity index (χ4n) is 4.44. The van der Waals surface area contributed by atoms with Gasteiger partial charge in [-0.05, 0) is 54.0 Å². The molecule has 1 aliphatic rings. The van der Waals surface area contributed by atoms with E-state index in [0.29, 0.717) is 60.3 Å². The number of nitrogens with zero attached hydrogens (tertiary/aromatic N) is 3. The van der Waals surface area contributed by atoms with Crippen LogP contribution >= 0.6 is 12.2 Å². The van der Waals surface area contributed by atoms with E-state index in [-0.39, 0.29) is 28.0 Å². The molecule has 0 saturated carbocycles. The SMILES string of the molecule is CC(C)c1ccc2oc(-c3ccc(NC(=S)NC(=O)c4cc([N+](=O)[O-])ccc4N4CCOCC4)cc3O)nc2c1. The fraction of sp³-hybridized carbons (Fsp3) is 0.250. The number of carbonyl (C=O) groups excluding carboxylic acids is 1. The van der Waals surface area contributed by atoms with E-state index in [1.54, 1.807) is 18.2 Å². The Balaban J connectivity index is 1.31. The van der Waals surface area contributed by atoms with E-state index in [0.717, 1.165) is 5.56 Å². The lowest BCUT2D eigenvalue weighted by Gasteiger charge is -2.30. The number of phenols is 1. The molecule has 11 nitrogen and oxygen atoms in total. The van der Waals surface area contributed by atoms with Gasteiger partial charge in [-0.2, -0.15) is 0 Å². The molecule has 5 rings (SSSR count). The number of carbonyl (C=O) groups is 1. The van der Waals surface area contributed by atoms with Crippen LogP contribution in [0.1, 0.15) is 35.7 Å². The van der Waals surface area contributed by atoms with E-state index < -0.39 is 10.8 Å². The number of hydrogen-bond acceptors (Lipinski definition) is 9. The summed E-state index contributed by atoms with van der Waals surface area (Å²) >= 11 is 5.32. The van der Waals surface area contributed by atoms with Gasteiger partial charge in [0.2, 0.25) is 5.89 Å². The molecule has 0 bridgehead atoms. The zero-order chi connectivity index (χ0) is 28.4. The van der Waals surface area contributed by atoms with Gasteiger partial charge in [-0.1, -0.05) is 19.9 Å². The molecular weight excluding hydrogens is 534 g/mol. The van der Waals surface area contributed by atoms with Gasteiger partial charge in [0.1, 0.15) is 11.3 Å². The lowest BCUT2D eigenvalue weighted by atomic mass is 10.0. The molecule has 206 valence electrons. The van der Waals surface area contributed by atoms with E-state index in [1.807, 2.05) is 23.1 Å². The molecular formula is C28H27N5O6S. The number of aromatic hydroxyl groups is 1. The Morgan fingerprint density at radius 1 is 1.12 bits per heavy atom. The topological polar surface area (TPSA) is 143 Å². The van der Waals surface area contributed by atoms with Gasteiger partial charge in [0.25, 0.3) is 11.6 Å². The minimum absolute atomic E-state index is 0.0420. The zero-order valence-electron chi connectivity index (χ0n) is 21.8. The number of anilines is 2. The van der Waals surface area contributed by atoms with Crippen LogP contribution < -0.4 is 15.5 Å². The van der Waals surface area contributed by atoms with Gasteiger partial charge in [-0.25, -0.2) is 4.98 Å². The summed E-state index contributed by atoms with van der Waals surface area (Å²) in [6, 6.07) is 14.7. The first-order chi connectivity index (χ1) is 19.2. The fourth-order valence-corrected chi connectivity index (χ4v) is 4.65. The maximum Gasteiger partial charge on any atom is 0.270 e. The molecule has 1 amide bonds. The summed E-state index contributed by atoms with van der Waals surface area (Å²) < 4.78 is 11.2. The number of hydrogen-bond donors (Lipinski definition) is 3. The monoisotopic (exact) mass is 561 g/mol. The number of thiocarbonyl (C=S) groups is 1. The van der Waals surface area contributed by atoms with Gasteiger partial charge in [0, 0.05) is 37.0 Å². The summed E-state index contributed by atoms with van der Waals surface area (Å²) in [4.78, 5) is 30.4. The third-order valence-corrected chi connectivity index (χ3v) is 6.78. The molecule has 12 heteroatoms. The number of nitrogens with one attached hydrogen (secondary N) is 2. The van der Waals surface area contributed by atoms with Crippen molar-refractivity contribution in [2.24, 2.45) is 0 Å². The minimum atomic E-state index is -0.601. The van der Waals surface area contributed by atoms with Crippen LogP contribution in [0.4, 0.5) is 17.1 Å². The molecule has 2 heterocycles. The number of ether oxygens (including phenoxy) is 1. The van der Waals surface area contributed by atoms with E-state index in [2.05, 4.69) is 29.5 Å². The molecule has 3 N–H and O–H groups in total. The van der Waals surface area contributed by atoms with Gasteiger partial charge >= 0.3 is 0 Å². The highest BCUT2D eigenvalue weighted by Gasteiger charge is 2.23. The van der Waals surface area contributed by atoms with E-state index >= 15 is 0 Å². The van der Waals surface area contributed by atoms with Gasteiger partial charge in [-0.15, -0.1) is 0 Å². The molecule has 1 saturated heterocycles. The standard InChI is InChI=1S/C28H27N5O6S/c1-16(2)17-3-8-25-22(13-17)30-27(39-25)20-6-4-18(14-24(20)34)29-28(40)31-26(35)21-15-19(33(36)37)5-7-23(21)32-9-11-38-12-10-32/h3-8,13-16,34H,9-12H2,1-2H3,(H2,29,31,35,40). The summed E-state index contributed by atoms with van der Waals surface area (Å²) in [7, 11) is 0. The zero-order valence-corrected chi connectivity index (χ0v) is 22.7. The smallest absolute Gasteiger partial charge is 0.270 e. The third-order valence-electron chi connectivity index (χ3n) is 6.58. The summed E-state index contributed by atoms with van der Waals surface area (Å²) in [6.07, 6.45) is 0. The Labute approximate surface area is 234 Å². The maximum atomic E-state index is 13.2. The van der Waals surface area contributed by atoms with E-state index in [1.165, 1.54) is 18.2 Å². The molecule has 0 radical (unpaired) electrons. The summed E-state index contributed by atoms with van der Waals surface area (Å²) in [6.45, 7) is 6.26. The molecule has 4 aromatic rings. The summed E-state index contributed by atoms with van der Waals surface area (Å²) in [5.41, 5.74) is 3.72. The number of nitro groups is 1. The van der Waals surface area contributed by atoms with Crippen LogP contribution in [0.15, 0.2) is 59.0 Å². The van der Waals surface area contributed by atoms with E-state index in [9.17, 15) is 20.0 Å². The predicted octanol–water partition coefficient (Wildman–Crippen LogP) is 5.20. The Morgan fingerprint density at radius 2 is 1.90 bits per heavy atom. The highest BCUT2D eigenvalue weighted by molar-refractivity contribution is 7.80. The van der Waals surface area contributed by atoms with Crippen molar-refractivity contribution in [1.29, 1.82) is 0 Å². The molecule has 1 fully saturated rings. The number of aromatic nitrogens is 1. The number of fused-ring (bicyclic) bond motifs is 1. The Hall–Kier alpha value is -4.55. The second-order valence-electron chi connectivity index (χ2n) is 9.60. The average Bonchev–Trinajstić information content (AvgIpc) is 3.36. The van der Waals surface area contributed by atoms with Crippen molar-refractivity contribution in [3.8, 4) is 17.2 Å². The minimum Gasteiger partial charge on any atom is -0.507 e. The normalized spacial score (nSPS) is 13.4. The Morgan fingerprint density at radius 3 is 2.60 bits per heavy atom. The quantitative estimate of drug-likeness (QED) is 0.163. The van der Waals surface area contributed by atoms with Crippen LogP contribution in [0.3, 0.4) is 0 Å². The van der Waals surface area contributed by atoms with Crippen molar-refractivity contribution in [3.05, 3.63) is 75.8 Å². The molecule has 0 aliphatic carbocycles. The predicted molar refractivity (Wildman–Crippen MR) is 155 cm³/mol. The molecule has 1 aliphatic heterocycles. The second-order valence-corrected chi connectivity index (χ2v) is 10.0. The number of non-ortho nitro benzene ring substituents is 1. The maximum absolute atomic E-state index is 13.2. The second kappa shape index (κ2) is 11.3. The highest BCUT2D eigenvalue weighted by atomic mass is 32.1. The van der Waals surface area contributed by atoms with Crippen LogP contribution in [-0.2, 0) is 4.74 Å². The van der Waals surface area contributed by atoms with Gasteiger partial charge in [0.05, 0.1) is 35.0 Å². The number of amides is 1. The number of benzene rings is 3. The number of nitro benzene ring substituents is 1. The molecule has 0 spiro atoms. The van der Waals surface area contributed by atoms with Crippen LogP contribution in [0.5, 0.6) is 5.75 Å². The lowest BCUT2D eigenvalue weighted by molar-refractivity contribution is -0.384. The van der Waals surface area contributed by atoms with Crippen molar-refractivity contribution in [2.45, 2.75) is 19.8 Å². The highest BCUT2D eigenvalue weighted by Crippen LogP contribution is 2.34. The third kappa shape index (κ3) is 5.72. The first kappa shape index (κ1) is 27.0. The van der Waals surface area contributed by atoms with Crippen molar-refractivity contribution >= 4 is 51.4 Å². The van der Waals surface area contributed by atoms with Crippen LogP contribution in [-0.4, -0.2) is 52.3 Å². The molecule has 1 aromatic heterocycles. The number of oxazole rings is 1. The van der Waals surface area contributed by atoms with E-state index in [4.69, 9.17) is 21.4 Å². The Bertz CT molecular complexity index is 1610. The van der Waals surface area contributed by atoms with Crippen molar-refractivity contribution in [2.75, 3.05) is 36.5 Å². The number of rotatable bonds is 6. The molecule has 0 atom stereocenters. The lowest BCUT2D eigenvalue weighted by Crippen LogP contribution is -2.39. The van der Waals surface area contributed by atoms with Crippen molar-refractivity contribution in [1.82, 2.24) is 10.3 Å². The van der Waals surface area contributed by atoms with Gasteiger partial charge in [0.15, 0.2) is 10.7 Å². The molecule has 40 heavy (non-hydrogen) atoms. The average molecular weight is 562 g/mol. The first-order valence-corrected chi connectivity index (χ1v) is 13.1. The first-order valence-electron chi connectivity index (χ1n) is 12.7. The largest absolute Gasteiger partial charge is 0.507 e. The van der Waals surface area contributed by atoms with Gasteiger partial charge in [-0.3, -0.25) is 20.2 Å². The van der Waals surface area contributed by atoms with Crippen LogP contribution in [0.25, 0.3) is 22.6 Å². The summed E-state index contributed by atoms with van der Waals surface area (Å²) in [5.74, 6) is -0.0772. The number of phenolic OH excluding ortho intramolecular Hbond substituents is 1.